The number of nitro benzene ring substituents is 2. The molecule has 0 aliphatic carbocycles. The zero-order valence-electron chi connectivity index (χ0n) is 17.6. The second kappa shape index (κ2) is 11.0. The van der Waals surface area contributed by atoms with E-state index in [2.05, 4.69) is 15.9 Å². The van der Waals surface area contributed by atoms with E-state index in [4.69, 9.17) is 9.92 Å². The number of nitro groups is 2. The van der Waals surface area contributed by atoms with Crippen LogP contribution in [0.15, 0.2) is 17.0 Å². The predicted molar refractivity (Wildman–Crippen MR) is 123 cm³/mol. The molecule has 0 aromatic heterocycles. The van der Waals surface area contributed by atoms with E-state index in [0.717, 1.165) is 16.6 Å². The molecule has 0 radical (unpaired) electrons. The van der Waals surface area contributed by atoms with Crippen LogP contribution in [0, 0.1) is 20.2 Å². The molecule has 0 spiro atoms. The van der Waals surface area contributed by atoms with Gasteiger partial charge in [-0.25, -0.2) is 8.42 Å². The van der Waals surface area contributed by atoms with E-state index in [-0.39, 0.29) is 43.2 Å². The third-order valence-electron chi connectivity index (χ3n) is 4.89. The maximum atomic E-state index is 13.5. The van der Waals surface area contributed by atoms with Crippen molar-refractivity contribution in [2.45, 2.75) is 23.8 Å². The van der Waals surface area contributed by atoms with E-state index in [1.165, 1.54) is 4.90 Å². The summed E-state index contributed by atoms with van der Waals surface area (Å²) in [4.78, 5) is 22.1. The Balaban J connectivity index is 2.69. The SMILES string of the molecule is CS(=O)(=O)OCCN(CCBr)c1c([N+](=O)[O-])cc([N+](=O)[O-])cc1S(=O)(=O)N1CCC(N)CC1. The molecule has 1 fully saturated rings. The molecule has 0 bridgehead atoms. The number of non-ortho nitro benzene ring substituents is 1. The smallest absolute Gasteiger partial charge is 0.300 e. The van der Waals surface area contributed by atoms with E-state index in [9.17, 15) is 37.1 Å². The molecular weight excluding hydrogens is 550 g/mol. The molecule has 17 heteroatoms. The van der Waals surface area contributed by atoms with Crippen molar-refractivity contribution in [1.29, 1.82) is 0 Å². The summed E-state index contributed by atoms with van der Waals surface area (Å²) in [5, 5.41) is 23.5. The molecule has 0 atom stereocenters. The molecule has 1 saturated heterocycles. The van der Waals surface area contributed by atoms with Crippen LogP contribution < -0.4 is 10.6 Å². The second-order valence-electron chi connectivity index (χ2n) is 7.27. The van der Waals surface area contributed by atoms with Gasteiger partial charge in [-0.3, -0.25) is 24.4 Å². The van der Waals surface area contributed by atoms with Gasteiger partial charge in [0.05, 0.1) is 28.8 Å². The molecule has 2 rings (SSSR count). The lowest BCUT2D eigenvalue weighted by Gasteiger charge is -2.31. The minimum Gasteiger partial charge on any atom is -0.362 e. The Morgan fingerprint density at radius 3 is 2.24 bits per heavy atom. The number of sulfonamides is 1. The molecule has 2 N–H and O–H groups in total. The lowest BCUT2D eigenvalue weighted by molar-refractivity contribution is -0.394. The molecule has 0 saturated carbocycles. The van der Waals surface area contributed by atoms with Crippen molar-refractivity contribution in [2.24, 2.45) is 5.73 Å². The third kappa shape index (κ3) is 7.03. The number of nitrogens with two attached hydrogens (primary N) is 1. The number of hydrogen-bond acceptors (Lipinski definition) is 11. The van der Waals surface area contributed by atoms with Crippen LogP contribution in [0.2, 0.25) is 0 Å². The number of benzene rings is 1. The highest BCUT2D eigenvalue weighted by molar-refractivity contribution is 9.09. The Morgan fingerprint density at radius 2 is 1.76 bits per heavy atom. The second-order valence-corrected chi connectivity index (χ2v) is 11.6. The molecule has 1 heterocycles. The molecule has 1 aliphatic heterocycles. The molecule has 14 nitrogen and oxygen atoms in total. The summed E-state index contributed by atoms with van der Waals surface area (Å²) in [6, 6.07) is 1.26. The number of nitrogens with zero attached hydrogens (tertiary/aromatic N) is 4. The fourth-order valence-corrected chi connectivity index (χ4v) is 5.85. The highest BCUT2D eigenvalue weighted by atomic mass is 79.9. The van der Waals surface area contributed by atoms with Gasteiger partial charge in [0.1, 0.15) is 10.6 Å². The van der Waals surface area contributed by atoms with Gasteiger partial charge in [-0.15, -0.1) is 0 Å². The predicted octanol–water partition coefficient (Wildman–Crippen LogP) is 0.792. The zero-order valence-corrected chi connectivity index (χ0v) is 20.8. The number of piperidine rings is 1. The van der Waals surface area contributed by atoms with Crippen LogP contribution in [-0.4, -0.2) is 81.4 Å². The summed E-state index contributed by atoms with van der Waals surface area (Å²) in [5.41, 5.74) is 3.91. The van der Waals surface area contributed by atoms with Gasteiger partial charge in [0, 0.05) is 43.6 Å². The largest absolute Gasteiger partial charge is 0.362 e. The van der Waals surface area contributed by atoms with Crippen LogP contribution in [0.5, 0.6) is 0 Å². The summed E-state index contributed by atoms with van der Waals surface area (Å²) in [5.74, 6) is 0. The highest BCUT2D eigenvalue weighted by Crippen LogP contribution is 2.40. The summed E-state index contributed by atoms with van der Waals surface area (Å²) in [6.07, 6.45) is 1.55. The van der Waals surface area contributed by atoms with Gasteiger partial charge in [-0.2, -0.15) is 12.7 Å². The lowest BCUT2D eigenvalue weighted by Crippen LogP contribution is -2.43. The zero-order chi connectivity index (χ0) is 25.0. The molecule has 1 aromatic carbocycles. The standard InChI is InChI=1S/C16H24BrN5O9S2/c1-32(27,28)31-9-8-19(7-4-17)16-14(22(25)26)10-13(21(23)24)11-15(16)33(29,30)20-5-2-12(18)3-6-20/h10-12H,2-9,18H2,1H3. The first-order valence-corrected chi connectivity index (χ1v) is 14.0. The third-order valence-corrected chi connectivity index (χ3v) is 7.75. The van der Waals surface area contributed by atoms with E-state index >= 15 is 0 Å². The Labute approximate surface area is 199 Å². The van der Waals surface area contributed by atoms with Gasteiger partial charge in [0.2, 0.25) is 10.0 Å². The quantitative estimate of drug-likeness (QED) is 0.170. The average Bonchev–Trinajstić information content (AvgIpc) is 2.71. The molecular formula is C16H24BrN5O9S2. The number of rotatable bonds is 11. The van der Waals surface area contributed by atoms with Crippen LogP contribution in [0.4, 0.5) is 17.1 Å². The summed E-state index contributed by atoms with van der Waals surface area (Å²) in [6.45, 7) is -0.522. The van der Waals surface area contributed by atoms with E-state index < -0.39 is 52.9 Å². The number of alkyl halides is 1. The normalized spacial score (nSPS) is 16.0. The Hall–Kier alpha value is -1.92. The highest BCUT2D eigenvalue weighted by Gasteiger charge is 2.37. The van der Waals surface area contributed by atoms with Crippen LogP contribution in [0.3, 0.4) is 0 Å². The molecule has 1 aliphatic rings. The van der Waals surface area contributed by atoms with Crippen molar-refractivity contribution < 1.29 is 30.9 Å². The van der Waals surface area contributed by atoms with Gasteiger partial charge in [0.15, 0.2) is 0 Å². The summed E-state index contributed by atoms with van der Waals surface area (Å²) < 4.78 is 55.4. The van der Waals surface area contributed by atoms with Crippen LogP contribution in [0.1, 0.15) is 12.8 Å². The first-order chi connectivity index (χ1) is 15.3. The van der Waals surface area contributed by atoms with Crippen LogP contribution >= 0.6 is 15.9 Å². The van der Waals surface area contributed by atoms with Crippen molar-refractivity contribution >= 4 is 53.1 Å². The first kappa shape index (κ1) is 27.3. The van der Waals surface area contributed by atoms with Crippen molar-refractivity contribution in [3.63, 3.8) is 0 Å². The minimum atomic E-state index is -4.39. The maximum Gasteiger partial charge on any atom is 0.300 e. The van der Waals surface area contributed by atoms with Crippen molar-refractivity contribution in [1.82, 2.24) is 4.31 Å². The van der Waals surface area contributed by atoms with Gasteiger partial charge in [-0.05, 0) is 12.8 Å². The average molecular weight is 574 g/mol. The molecule has 1 aromatic rings. The Bertz CT molecular complexity index is 1110. The van der Waals surface area contributed by atoms with Crippen LogP contribution in [0.25, 0.3) is 0 Å². The summed E-state index contributed by atoms with van der Waals surface area (Å²) in [7, 11) is -8.21. The van der Waals surface area contributed by atoms with Crippen molar-refractivity contribution in [3.05, 3.63) is 32.4 Å². The monoisotopic (exact) mass is 573 g/mol. The van der Waals surface area contributed by atoms with E-state index in [0.29, 0.717) is 18.9 Å². The Kier molecular flexibility index (Phi) is 9.11. The lowest BCUT2D eigenvalue weighted by atomic mass is 10.1. The molecule has 0 unspecified atom stereocenters. The maximum absolute atomic E-state index is 13.5. The molecule has 0 amide bonds. The van der Waals surface area contributed by atoms with Crippen molar-refractivity contribution in [3.8, 4) is 0 Å². The topological polar surface area (TPSA) is 196 Å². The minimum absolute atomic E-state index is 0.0270. The van der Waals surface area contributed by atoms with Gasteiger partial charge < -0.3 is 10.6 Å². The fraction of sp³-hybridized carbons (Fsp3) is 0.625. The number of halogens is 1. The van der Waals surface area contributed by atoms with Gasteiger partial charge in [0.25, 0.3) is 15.8 Å². The Morgan fingerprint density at radius 1 is 1.15 bits per heavy atom. The fourth-order valence-electron chi connectivity index (χ4n) is 3.33. The number of hydrogen-bond donors (Lipinski definition) is 1. The first-order valence-electron chi connectivity index (χ1n) is 9.65. The van der Waals surface area contributed by atoms with Crippen LogP contribution in [-0.2, 0) is 24.3 Å². The van der Waals surface area contributed by atoms with Crippen molar-refractivity contribution in [2.75, 3.05) is 49.3 Å². The van der Waals surface area contributed by atoms with Gasteiger partial charge in [-0.1, -0.05) is 15.9 Å². The number of anilines is 1. The molecule has 33 heavy (non-hydrogen) atoms. The summed E-state index contributed by atoms with van der Waals surface area (Å²) >= 11 is 3.18. The van der Waals surface area contributed by atoms with E-state index in [1.807, 2.05) is 0 Å². The molecule has 186 valence electrons. The van der Waals surface area contributed by atoms with Gasteiger partial charge >= 0.3 is 5.69 Å². The van der Waals surface area contributed by atoms with E-state index in [1.54, 1.807) is 0 Å².